The maximum atomic E-state index is 11.8. The minimum atomic E-state index is -0.151. The summed E-state index contributed by atoms with van der Waals surface area (Å²) in [5.74, 6) is 0.526. The summed E-state index contributed by atoms with van der Waals surface area (Å²) in [7, 11) is 0. The second-order valence-corrected chi connectivity index (χ2v) is 5.59. The smallest absolute Gasteiger partial charge is 0.258 e. The number of anilines is 1. The molecule has 2 heterocycles. The van der Waals surface area contributed by atoms with Gasteiger partial charge < -0.3 is 20.1 Å². The normalized spacial score (nSPS) is 20.2. The van der Waals surface area contributed by atoms with Gasteiger partial charge in [-0.1, -0.05) is 0 Å². The minimum absolute atomic E-state index is 0.0160. The summed E-state index contributed by atoms with van der Waals surface area (Å²) in [5, 5.41) is 5.63. The molecule has 22 heavy (non-hydrogen) atoms. The highest BCUT2D eigenvalue weighted by atomic mass is 16.5. The van der Waals surface area contributed by atoms with Crippen molar-refractivity contribution in [2.75, 3.05) is 25.1 Å². The van der Waals surface area contributed by atoms with E-state index in [0.29, 0.717) is 25.1 Å². The van der Waals surface area contributed by atoms with Crippen molar-refractivity contribution in [1.29, 1.82) is 0 Å². The van der Waals surface area contributed by atoms with Gasteiger partial charge >= 0.3 is 0 Å². The molecule has 0 aliphatic carbocycles. The van der Waals surface area contributed by atoms with Gasteiger partial charge in [0.2, 0.25) is 5.91 Å². The zero-order valence-electron chi connectivity index (χ0n) is 12.4. The van der Waals surface area contributed by atoms with Crippen LogP contribution < -0.4 is 15.4 Å². The molecule has 0 radical (unpaired) electrons. The van der Waals surface area contributed by atoms with Crippen molar-refractivity contribution in [3.8, 4) is 5.75 Å². The maximum Gasteiger partial charge on any atom is 0.258 e. The zero-order valence-corrected chi connectivity index (χ0v) is 12.4. The molecule has 1 fully saturated rings. The Morgan fingerprint density at radius 1 is 1.41 bits per heavy atom. The molecule has 0 aromatic heterocycles. The van der Waals surface area contributed by atoms with E-state index >= 15 is 0 Å². The van der Waals surface area contributed by atoms with Gasteiger partial charge in [-0.2, -0.15) is 0 Å². The van der Waals surface area contributed by atoms with Crippen LogP contribution in [0.4, 0.5) is 5.69 Å². The molecule has 6 heteroatoms. The number of nitrogens with one attached hydrogen (secondary N) is 2. The molecular formula is C16H20N2O4. The van der Waals surface area contributed by atoms with Crippen molar-refractivity contribution in [3.63, 3.8) is 0 Å². The number of amides is 2. The Bertz CT molecular complexity index is 567. The second kappa shape index (κ2) is 6.79. The van der Waals surface area contributed by atoms with Crippen LogP contribution in [-0.4, -0.2) is 37.7 Å². The third-order valence-corrected chi connectivity index (χ3v) is 3.89. The number of carbonyl (C=O) groups excluding carboxylic acids is 2. The van der Waals surface area contributed by atoms with E-state index in [4.69, 9.17) is 9.47 Å². The van der Waals surface area contributed by atoms with E-state index in [1.807, 2.05) is 12.1 Å². The fourth-order valence-electron chi connectivity index (χ4n) is 2.68. The number of aryl methyl sites for hydroxylation is 1. The number of hydrogen-bond acceptors (Lipinski definition) is 4. The first-order chi connectivity index (χ1) is 10.7. The van der Waals surface area contributed by atoms with Crippen LogP contribution in [0.15, 0.2) is 18.2 Å². The third-order valence-electron chi connectivity index (χ3n) is 3.89. The van der Waals surface area contributed by atoms with Crippen LogP contribution in [-0.2, 0) is 20.7 Å². The summed E-state index contributed by atoms with van der Waals surface area (Å²) in [6, 6.07) is 5.45. The molecule has 0 unspecified atom stereocenters. The fourth-order valence-corrected chi connectivity index (χ4v) is 2.68. The van der Waals surface area contributed by atoms with E-state index < -0.39 is 0 Å². The predicted molar refractivity (Wildman–Crippen MR) is 80.9 cm³/mol. The summed E-state index contributed by atoms with van der Waals surface area (Å²) in [4.78, 5) is 23.1. The van der Waals surface area contributed by atoms with E-state index in [9.17, 15) is 9.59 Å². The number of ether oxygens (including phenoxy) is 2. The van der Waals surface area contributed by atoms with Gasteiger partial charge in [-0.05, 0) is 43.0 Å². The third kappa shape index (κ3) is 3.76. The van der Waals surface area contributed by atoms with Gasteiger partial charge in [-0.3, -0.25) is 9.59 Å². The second-order valence-electron chi connectivity index (χ2n) is 5.59. The number of benzene rings is 1. The Hall–Kier alpha value is -2.08. The van der Waals surface area contributed by atoms with Gasteiger partial charge in [0, 0.05) is 25.3 Å². The van der Waals surface area contributed by atoms with Gasteiger partial charge in [-0.15, -0.1) is 0 Å². The quantitative estimate of drug-likeness (QED) is 0.858. The zero-order chi connectivity index (χ0) is 15.4. The van der Waals surface area contributed by atoms with Crippen LogP contribution in [0.3, 0.4) is 0 Å². The van der Waals surface area contributed by atoms with Gasteiger partial charge in [0.15, 0.2) is 6.61 Å². The minimum Gasteiger partial charge on any atom is -0.484 e. The van der Waals surface area contributed by atoms with Crippen molar-refractivity contribution in [1.82, 2.24) is 5.32 Å². The molecule has 2 amide bonds. The van der Waals surface area contributed by atoms with Crippen molar-refractivity contribution in [2.45, 2.75) is 31.8 Å². The first kappa shape index (κ1) is 14.8. The first-order valence-corrected chi connectivity index (χ1v) is 7.64. The molecular weight excluding hydrogens is 284 g/mol. The molecule has 0 bridgehead atoms. The highest BCUT2D eigenvalue weighted by molar-refractivity contribution is 5.94. The topological polar surface area (TPSA) is 76.7 Å². The van der Waals surface area contributed by atoms with Crippen LogP contribution in [0.2, 0.25) is 0 Å². The van der Waals surface area contributed by atoms with Crippen LogP contribution in [0.1, 0.15) is 24.8 Å². The lowest BCUT2D eigenvalue weighted by atomic mass is 10.0. The molecule has 2 aliphatic heterocycles. The SMILES string of the molecule is O=C(COc1ccc2c(c1)CCC(=O)N2)NC[C@H]1CCCO1. The molecule has 2 aliphatic rings. The fraction of sp³-hybridized carbons (Fsp3) is 0.500. The Kier molecular flexibility index (Phi) is 4.58. The summed E-state index contributed by atoms with van der Waals surface area (Å²) in [6.07, 6.45) is 3.37. The van der Waals surface area contributed by atoms with E-state index in [0.717, 1.165) is 30.7 Å². The van der Waals surface area contributed by atoms with E-state index in [2.05, 4.69) is 10.6 Å². The molecule has 1 atom stereocenters. The summed E-state index contributed by atoms with van der Waals surface area (Å²) in [5.41, 5.74) is 1.86. The highest BCUT2D eigenvalue weighted by Crippen LogP contribution is 2.26. The van der Waals surface area contributed by atoms with Crippen LogP contribution in [0, 0.1) is 0 Å². The first-order valence-electron chi connectivity index (χ1n) is 7.64. The van der Waals surface area contributed by atoms with Crippen LogP contribution >= 0.6 is 0 Å². The molecule has 1 aromatic rings. The lowest BCUT2D eigenvalue weighted by molar-refractivity contribution is -0.123. The molecule has 3 rings (SSSR count). The molecule has 1 saturated heterocycles. The molecule has 2 N–H and O–H groups in total. The van der Waals surface area contributed by atoms with E-state index in [1.165, 1.54) is 0 Å². The Morgan fingerprint density at radius 3 is 3.14 bits per heavy atom. The lowest BCUT2D eigenvalue weighted by Gasteiger charge is -2.17. The van der Waals surface area contributed by atoms with Gasteiger partial charge in [0.1, 0.15) is 5.75 Å². The molecule has 0 spiro atoms. The highest BCUT2D eigenvalue weighted by Gasteiger charge is 2.17. The summed E-state index contributed by atoms with van der Waals surface area (Å²) in [6.45, 7) is 1.30. The van der Waals surface area contributed by atoms with Crippen molar-refractivity contribution in [3.05, 3.63) is 23.8 Å². The van der Waals surface area contributed by atoms with Crippen molar-refractivity contribution >= 4 is 17.5 Å². The van der Waals surface area contributed by atoms with Crippen molar-refractivity contribution in [2.24, 2.45) is 0 Å². The number of rotatable bonds is 5. The Balaban J connectivity index is 1.46. The molecule has 0 saturated carbocycles. The van der Waals surface area contributed by atoms with Gasteiger partial charge in [0.25, 0.3) is 5.91 Å². The monoisotopic (exact) mass is 304 g/mol. The lowest BCUT2D eigenvalue weighted by Crippen LogP contribution is -2.35. The molecule has 1 aromatic carbocycles. The van der Waals surface area contributed by atoms with E-state index in [-0.39, 0.29) is 24.5 Å². The Labute approximate surface area is 129 Å². The average Bonchev–Trinajstić information content (AvgIpc) is 3.04. The van der Waals surface area contributed by atoms with Gasteiger partial charge in [0.05, 0.1) is 6.10 Å². The summed E-state index contributed by atoms with van der Waals surface area (Å²) >= 11 is 0. The number of carbonyl (C=O) groups is 2. The molecule has 118 valence electrons. The Morgan fingerprint density at radius 2 is 2.32 bits per heavy atom. The number of fused-ring (bicyclic) bond motifs is 1. The molecule has 6 nitrogen and oxygen atoms in total. The number of hydrogen-bond donors (Lipinski definition) is 2. The summed E-state index contributed by atoms with van der Waals surface area (Å²) < 4.78 is 11.0. The van der Waals surface area contributed by atoms with Crippen molar-refractivity contribution < 1.29 is 19.1 Å². The predicted octanol–water partition coefficient (Wildman–Crippen LogP) is 1.25. The van der Waals surface area contributed by atoms with Crippen LogP contribution in [0.25, 0.3) is 0 Å². The van der Waals surface area contributed by atoms with E-state index in [1.54, 1.807) is 6.07 Å². The average molecular weight is 304 g/mol. The van der Waals surface area contributed by atoms with Gasteiger partial charge in [-0.25, -0.2) is 0 Å². The maximum absolute atomic E-state index is 11.8. The van der Waals surface area contributed by atoms with Crippen LogP contribution in [0.5, 0.6) is 5.75 Å². The standard InChI is InChI=1S/C16H20N2O4/c19-15-6-3-11-8-12(4-5-14(11)18-15)22-10-16(20)17-9-13-2-1-7-21-13/h4-5,8,13H,1-3,6-7,9-10H2,(H,17,20)(H,18,19)/t13-/m1/s1. The largest absolute Gasteiger partial charge is 0.484 e.